The maximum absolute atomic E-state index is 9.67. The lowest BCUT2D eigenvalue weighted by Gasteiger charge is -2.34. The number of nitrogens with two attached hydrogens (primary N) is 1. The first kappa shape index (κ1) is 15.4. The van der Waals surface area contributed by atoms with E-state index in [-0.39, 0.29) is 6.04 Å². The Morgan fingerprint density at radius 2 is 2.08 bits per heavy atom. The molecule has 0 aromatic carbocycles. The fourth-order valence-electron chi connectivity index (χ4n) is 3.98. The lowest BCUT2D eigenvalue weighted by Crippen LogP contribution is -2.35. The first-order valence-corrected chi connectivity index (χ1v) is 9.17. The summed E-state index contributed by atoms with van der Waals surface area (Å²) in [5.41, 5.74) is 10.4. The second-order valence-corrected chi connectivity index (χ2v) is 7.07. The van der Waals surface area contributed by atoms with E-state index >= 15 is 0 Å². The molecule has 0 saturated carbocycles. The highest BCUT2D eigenvalue weighted by molar-refractivity contribution is 7.98. The molecular formula is C17H18N6S. The van der Waals surface area contributed by atoms with Crippen LogP contribution in [0.4, 0.5) is 5.82 Å². The number of rotatable bonds is 2. The number of hydrogen-bond donors (Lipinski definition) is 1. The summed E-state index contributed by atoms with van der Waals surface area (Å²) in [7, 11) is 2.16. The van der Waals surface area contributed by atoms with Crippen LogP contribution in [0.5, 0.6) is 0 Å². The van der Waals surface area contributed by atoms with Crippen LogP contribution in [0.3, 0.4) is 0 Å². The molecule has 2 N–H and O–H groups in total. The maximum Gasteiger partial charge on any atom is 0.187 e. The number of hydrogen-bond acceptors (Lipinski definition) is 7. The summed E-state index contributed by atoms with van der Waals surface area (Å²) in [5.74, 6) is 0.309. The SMILES string of the molecule is CSc1ncc(-c2c(C#N)c(N)nc3c2[C@H]2CC[C@@H](C3)N2C)cn1. The molecule has 2 bridgehead atoms. The minimum absolute atomic E-state index is 0.286. The lowest BCUT2D eigenvalue weighted by molar-refractivity contribution is 0.222. The molecule has 0 spiro atoms. The van der Waals surface area contributed by atoms with Crippen molar-refractivity contribution < 1.29 is 0 Å². The third-order valence-electron chi connectivity index (χ3n) is 5.16. The molecule has 2 aromatic rings. The van der Waals surface area contributed by atoms with Gasteiger partial charge in [0.05, 0.1) is 0 Å². The van der Waals surface area contributed by atoms with Crippen molar-refractivity contribution in [3.8, 4) is 17.2 Å². The van der Waals surface area contributed by atoms with Gasteiger partial charge in [0.25, 0.3) is 0 Å². The van der Waals surface area contributed by atoms with Gasteiger partial charge in [-0.1, -0.05) is 11.8 Å². The highest BCUT2D eigenvalue weighted by Crippen LogP contribution is 2.47. The zero-order chi connectivity index (χ0) is 16.8. The number of nitriles is 1. The van der Waals surface area contributed by atoms with E-state index in [9.17, 15) is 5.26 Å². The molecule has 1 saturated heterocycles. The van der Waals surface area contributed by atoms with Crippen molar-refractivity contribution in [2.45, 2.75) is 36.5 Å². The molecule has 0 amide bonds. The van der Waals surface area contributed by atoms with E-state index in [4.69, 9.17) is 5.73 Å². The Kier molecular flexibility index (Phi) is 3.66. The number of likely N-dealkylation sites (N-methyl/N-ethyl adjacent to an activating group) is 1. The summed E-state index contributed by atoms with van der Waals surface area (Å²) in [4.78, 5) is 15.7. The molecule has 7 heteroatoms. The first-order chi connectivity index (χ1) is 11.6. The van der Waals surface area contributed by atoms with Gasteiger partial charge in [0.2, 0.25) is 0 Å². The average molecular weight is 338 g/mol. The zero-order valence-corrected chi connectivity index (χ0v) is 14.5. The molecule has 4 heterocycles. The van der Waals surface area contributed by atoms with Crippen molar-refractivity contribution in [2.24, 2.45) is 0 Å². The Morgan fingerprint density at radius 3 is 2.75 bits per heavy atom. The molecular weight excluding hydrogens is 320 g/mol. The Labute approximate surface area is 145 Å². The first-order valence-electron chi connectivity index (χ1n) is 7.94. The van der Waals surface area contributed by atoms with Crippen LogP contribution in [0.1, 0.15) is 35.7 Å². The average Bonchev–Trinajstić information content (AvgIpc) is 2.84. The van der Waals surface area contributed by atoms with Gasteiger partial charge in [-0.05, 0) is 26.1 Å². The Hall–Kier alpha value is -2.17. The van der Waals surface area contributed by atoms with Gasteiger partial charge in [-0.15, -0.1) is 0 Å². The number of thioether (sulfide) groups is 1. The topological polar surface area (TPSA) is 91.7 Å². The van der Waals surface area contributed by atoms with Gasteiger partial charge in [-0.25, -0.2) is 15.0 Å². The van der Waals surface area contributed by atoms with Gasteiger partial charge in [0.1, 0.15) is 17.5 Å². The number of nitrogens with zero attached hydrogens (tertiary/aromatic N) is 5. The fourth-order valence-corrected chi connectivity index (χ4v) is 4.29. The van der Waals surface area contributed by atoms with E-state index in [2.05, 4.69) is 33.0 Å². The van der Waals surface area contributed by atoms with Crippen molar-refractivity contribution >= 4 is 17.6 Å². The largest absolute Gasteiger partial charge is 0.383 e. The standard InChI is InChI=1S/C17H18N6S/c1-23-10-3-4-13(23)15-12(5-10)22-16(19)11(6-18)14(15)9-7-20-17(24-2)21-8-9/h7-8,10,13H,3-5H2,1-2H3,(H2,19,22)/t10-,13+/m0/s1. The number of aromatic nitrogens is 3. The van der Waals surface area contributed by atoms with Crippen LogP contribution in [0.2, 0.25) is 0 Å². The molecule has 0 unspecified atom stereocenters. The van der Waals surface area contributed by atoms with Gasteiger partial charge < -0.3 is 5.73 Å². The predicted octanol–water partition coefficient (Wildman–Crippen LogP) is 2.41. The molecule has 2 aromatic heterocycles. The van der Waals surface area contributed by atoms with Crippen molar-refractivity contribution in [3.63, 3.8) is 0 Å². The molecule has 4 rings (SSSR count). The van der Waals surface area contributed by atoms with Crippen molar-refractivity contribution in [1.82, 2.24) is 19.9 Å². The van der Waals surface area contributed by atoms with Gasteiger partial charge in [-0.2, -0.15) is 5.26 Å². The Balaban J connectivity index is 1.98. The summed E-state index contributed by atoms with van der Waals surface area (Å²) in [6.45, 7) is 0. The van der Waals surface area contributed by atoms with E-state index in [0.29, 0.717) is 22.6 Å². The summed E-state index contributed by atoms with van der Waals surface area (Å²) < 4.78 is 0. The molecule has 0 radical (unpaired) electrons. The van der Waals surface area contributed by atoms with Gasteiger partial charge in [0.15, 0.2) is 5.16 Å². The molecule has 1 fully saturated rings. The van der Waals surface area contributed by atoms with E-state index in [1.807, 2.05) is 6.26 Å². The smallest absolute Gasteiger partial charge is 0.187 e. The van der Waals surface area contributed by atoms with Gasteiger partial charge in [0, 0.05) is 53.3 Å². The second kappa shape index (κ2) is 5.72. The molecule has 2 atom stereocenters. The van der Waals surface area contributed by atoms with E-state index in [1.54, 1.807) is 12.4 Å². The number of fused-ring (bicyclic) bond motifs is 4. The molecule has 24 heavy (non-hydrogen) atoms. The van der Waals surface area contributed by atoms with E-state index in [0.717, 1.165) is 41.6 Å². The molecule has 122 valence electrons. The minimum Gasteiger partial charge on any atom is -0.383 e. The zero-order valence-electron chi connectivity index (χ0n) is 13.7. The highest BCUT2D eigenvalue weighted by Gasteiger charge is 2.41. The van der Waals surface area contributed by atoms with Crippen LogP contribution in [-0.4, -0.2) is 39.2 Å². The van der Waals surface area contributed by atoms with Crippen LogP contribution in [0, 0.1) is 11.3 Å². The van der Waals surface area contributed by atoms with Crippen LogP contribution in [0.15, 0.2) is 17.6 Å². The molecule has 6 nitrogen and oxygen atoms in total. The Morgan fingerprint density at radius 1 is 1.33 bits per heavy atom. The van der Waals surface area contributed by atoms with E-state index < -0.39 is 0 Å². The second-order valence-electron chi connectivity index (χ2n) is 6.29. The molecule has 0 aliphatic carbocycles. The molecule has 2 aliphatic rings. The third-order valence-corrected chi connectivity index (χ3v) is 5.73. The predicted molar refractivity (Wildman–Crippen MR) is 93.4 cm³/mol. The summed E-state index contributed by atoms with van der Waals surface area (Å²) in [5, 5.41) is 10.4. The monoisotopic (exact) mass is 338 g/mol. The van der Waals surface area contributed by atoms with Gasteiger partial charge in [-0.3, -0.25) is 4.90 Å². The fraction of sp³-hybridized carbons (Fsp3) is 0.412. The van der Waals surface area contributed by atoms with E-state index in [1.165, 1.54) is 11.8 Å². The molecule has 2 aliphatic heterocycles. The number of anilines is 1. The summed E-state index contributed by atoms with van der Waals surface area (Å²) >= 11 is 1.49. The van der Waals surface area contributed by atoms with Crippen molar-refractivity contribution in [2.75, 3.05) is 19.0 Å². The quantitative estimate of drug-likeness (QED) is 0.664. The van der Waals surface area contributed by atoms with Gasteiger partial charge >= 0.3 is 0 Å². The van der Waals surface area contributed by atoms with Crippen LogP contribution >= 0.6 is 11.8 Å². The number of pyridine rings is 1. The number of nitrogen functional groups attached to an aromatic ring is 1. The van der Waals surface area contributed by atoms with Crippen LogP contribution in [0.25, 0.3) is 11.1 Å². The highest BCUT2D eigenvalue weighted by atomic mass is 32.2. The third kappa shape index (κ3) is 2.18. The lowest BCUT2D eigenvalue weighted by atomic mass is 9.88. The van der Waals surface area contributed by atoms with Crippen molar-refractivity contribution in [3.05, 3.63) is 29.2 Å². The Bertz CT molecular complexity index is 842. The maximum atomic E-state index is 9.67. The van der Waals surface area contributed by atoms with Crippen molar-refractivity contribution in [1.29, 1.82) is 5.26 Å². The van der Waals surface area contributed by atoms with Crippen LogP contribution < -0.4 is 5.73 Å². The summed E-state index contributed by atoms with van der Waals surface area (Å²) in [6, 6.07) is 3.05. The summed E-state index contributed by atoms with van der Waals surface area (Å²) in [6.07, 6.45) is 8.64. The normalized spacial score (nSPS) is 22.2. The minimum atomic E-state index is 0.286. The van der Waals surface area contributed by atoms with Crippen LogP contribution in [-0.2, 0) is 6.42 Å².